The fraction of sp³-hybridized carbons (Fsp3) is 0.471. The minimum atomic E-state index is -1.24. The highest BCUT2D eigenvalue weighted by atomic mass is 16.6. The molecule has 0 radical (unpaired) electrons. The molecule has 5 heteroatoms. The van der Waals surface area contributed by atoms with E-state index >= 15 is 0 Å². The largest absolute Gasteiger partial charge is 0.508 e. The molecular formula is C17H24O5. The number of carbonyl (C=O) groups is 1. The van der Waals surface area contributed by atoms with Gasteiger partial charge in [-0.25, -0.2) is 0 Å². The van der Waals surface area contributed by atoms with Gasteiger partial charge in [-0.15, -0.1) is 6.58 Å². The zero-order valence-electron chi connectivity index (χ0n) is 13.5. The number of phenols is 2. The Balaban J connectivity index is 3.12. The van der Waals surface area contributed by atoms with Crippen molar-refractivity contribution in [2.45, 2.75) is 51.7 Å². The van der Waals surface area contributed by atoms with Gasteiger partial charge in [0.15, 0.2) is 0 Å². The Bertz CT molecular complexity index is 557. The molecule has 1 aromatic rings. The molecule has 3 N–H and O–H groups in total. The average molecular weight is 308 g/mol. The quantitative estimate of drug-likeness (QED) is 0.427. The van der Waals surface area contributed by atoms with E-state index in [0.717, 1.165) is 0 Å². The number of aromatic hydroxyl groups is 2. The summed E-state index contributed by atoms with van der Waals surface area (Å²) in [5, 5.41) is 30.1. The fourth-order valence-electron chi connectivity index (χ4n) is 2.26. The molecule has 2 atom stereocenters. The Labute approximate surface area is 130 Å². The number of esters is 1. The van der Waals surface area contributed by atoms with Crippen molar-refractivity contribution >= 4 is 5.97 Å². The highest BCUT2D eigenvalue weighted by molar-refractivity contribution is 5.66. The second-order valence-corrected chi connectivity index (χ2v) is 6.03. The van der Waals surface area contributed by atoms with Gasteiger partial charge in [-0.3, -0.25) is 4.79 Å². The van der Waals surface area contributed by atoms with Crippen molar-refractivity contribution in [1.29, 1.82) is 0 Å². The summed E-state index contributed by atoms with van der Waals surface area (Å²) in [4.78, 5) is 11.2. The van der Waals surface area contributed by atoms with Gasteiger partial charge in [0.05, 0.1) is 5.60 Å². The number of benzene rings is 1. The number of allylic oxidation sites excluding steroid dienone is 1. The third-order valence-electron chi connectivity index (χ3n) is 3.59. The number of hydrogen-bond acceptors (Lipinski definition) is 5. The lowest BCUT2D eigenvalue weighted by Crippen LogP contribution is -2.40. The first-order valence-electron chi connectivity index (χ1n) is 7.10. The maximum Gasteiger partial charge on any atom is 0.303 e. The predicted molar refractivity (Wildman–Crippen MR) is 83.9 cm³/mol. The van der Waals surface area contributed by atoms with Crippen LogP contribution in [0, 0.1) is 6.92 Å². The summed E-state index contributed by atoms with van der Waals surface area (Å²) >= 11 is 0. The van der Waals surface area contributed by atoms with Crippen LogP contribution in [0.1, 0.15) is 44.2 Å². The van der Waals surface area contributed by atoms with Crippen molar-refractivity contribution in [2.75, 3.05) is 0 Å². The molecule has 1 aromatic carbocycles. The van der Waals surface area contributed by atoms with E-state index < -0.39 is 17.7 Å². The van der Waals surface area contributed by atoms with E-state index in [9.17, 15) is 20.1 Å². The van der Waals surface area contributed by atoms with E-state index in [0.29, 0.717) is 11.1 Å². The third kappa shape index (κ3) is 4.49. The van der Waals surface area contributed by atoms with Gasteiger partial charge in [0.1, 0.15) is 17.6 Å². The van der Waals surface area contributed by atoms with Gasteiger partial charge in [-0.05, 0) is 44.9 Å². The topological polar surface area (TPSA) is 87.0 Å². The number of aliphatic hydroxyl groups is 1. The zero-order chi connectivity index (χ0) is 17.1. The van der Waals surface area contributed by atoms with Crippen LogP contribution < -0.4 is 0 Å². The summed E-state index contributed by atoms with van der Waals surface area (Å²) in [6.45, 7) is 9.78. The van der Waals surface area contributed by atoms with Crippen molar-refractivity contribution in [3.8, 4) is 11.5 Å². The van der Waals surface area contributed by atoms with Crippen LogP contribution in [0.15, 0.2) is 24.8 Å². The Kier molecular flexibility index (Phi) is 5.60. The van der Waals surface area contributed by atoms with Crippen LogP contribution in [-0.2, 0) is 9.53 Å². The fourth-order valence-corrected chi connectivity index (χ4v) is 2.26. The van der Waals surface area contributed by atoms with Crippen LogP contribution in [0.25, 0.3) is 0 Å². The number of aryl methyl sites for hydroxylation is 1. The molecule has 0 aliphatic heterocycles. The van der Waals surface area contributed by atoms with E-state index in [1.807, 2.05) is 0 Å². The van der Waals surface area contributed by atoms with Crippen molar-refractivity contribution in [1.82, 2.24) is 0 Å². The summed E-state index contributed by atoms with van der Waals surface area (Å²) in [7, 11) is 0. The minimum absolute atomic E-state index is 0.0255. The van der Waals surface area contributed by atoms with Crippen molar-refractivity contribution in [3.63, 3.8) is 0 Å². The lowest BCUT2D eigenvalue weighted by molar-refractivity contribution is -0.160. The smallest absolute Gasteiger partial charge is 0.303 e. The summed E-state index contributed by atoms with van der Waals surface area (Å²) in [5.41, 5.74) is -0.211. The lowest BCUT2D eigenvalue weighted by Gasteiger charge is -2.31. The normalized spacial score (nSPS) is 14.2. The molecule has 1 rings (SSSR count). The van der Waals surface area contributed by atoms with Crippen LogP contribution in [0.4, 0.5) is 0 Å². The highest BCUT2D eigenvalue weighted by Gasteiger charge is 2.32. The standard InChI is InChI=1S/C17H24O5/c1-6-12(8-16(17(4,5)21)22-11(3)18)13-9-14(19)10(2)7-15(13)20/h6-7,9,12,16,19-21H,1,8H2,2-5H3/t12-,16-/m0/s1. The number of ether oxygens (including phenoxy) is 1. The van der Waals surface area contributed by atoms with Crippen LogP contribution in [-0.4, -0.2) is 33.0 Å². The molecule has 0 saturated heterocycles. The third-order valence-corrected chi connectivity index (χ3v) is 3.59. The van der Waals surface area contributed by atoms with Crippen molar-refractivity contribution in [2.24, 2.45) is 0 Å². The van der Waals surface area contributed by atoms with Gasteiger partial charge in [-0.1, -0.05) is 6.08 Å². The Morgan fingerprint density at radius 2 is 1.95 bits per heavy atom. The number of phenolic OH excluding ortho intramolecular Hbond substituents is 2. The molecule has 0 heterocycles. The molecule has 0 bridgehead atoms. The van der Waals surface area contributed by atoms with Crippen LogP contribution in [0.5, 0.6) is 11.5 Å². The highest BCUT2D eigenvalue weighted by Crippen LogP contribution is 2.36. The van der Waals surface area contributed by atoms with Gasteiger partial charge in [-0.2, -0.15) is 0 Å². The number of hydrogen-bond donors (Lipinski definition) is 3. The molecule has 22 heavy (non-hydrogen) atoms. The van der Waals surface area contributed by atoms with Crippen LogP contribution in [0.3, 0.4) is 0 Å². The van der Waals surface area contributed by atoms with Gasteiger partial charge in [0.2, 0.25) is 0 Å². The van der Waals surface area contributed by atoms with E-state index in [4.69, 9.17) is 4.74 Å². The predicted octanol–water partition coefficient (Wildman–Crippen LogP) is 2.77. The van der Waals surface area contributed by atoms with Gasteiger partial charge < -0.3 is 20.1 Å². The summed E-state index contributed by atoms with van der Waals surface area (Å²) in [6, 6.07) is 2.93. The van der Waals surface area contributed by atoms with Crippen molar-refractivity contribution in [3.05, 3.63) is 35.9 Å². The Morgan fingerprint density at radius 3 is 2.41 bits per heavy atom. The number of rotatable bonds is 6. The molecule has 0 unspecified atom stereocenters. The molecular weight excluding hydrogens is 284 g/mol. The molecule has 0 aromatic heterocycles. The lowest BCUT2D eigenvalue weighted by atomic mass is 9.86. The SMILES string of the molecule is C=C[C@@H](C[C@H](OC(C)=O)C(C)(C)O)c1cc(O)c(C)cc1O. The molecule has 0 amide bonds. The van der Waals surface area contributed by atoms with E-state index in [1.54, 1.807) is 26.8 Å². The molecule has 5 nitrogen and oxygen atoms in total. The first-order valence-corrected chi connectivity index (χ1v) is 7.10. The Morgan fingerprint density at radius 1 is 1.36 bits per heavy atom. The first kappa shape index (κ1) is 18.0. The van der Waals surface area contributed by atoms with Crippen LogP contribution >= 0.6 is 0 Å². The van der Waals surface area contributed by atoms with E-state index in [1.165, 1.54) is 19.1 Å². The van der Waals surface area contributed by atoms with Gasteiger partial charge >= 0.3 is 5.97 Å². The zero-order valence-corrected chi connectivity index (χ0v) is 13.5. The van der Waals surface area contributed by atoms with E-state index in [2.05, 4.69) is 6.58 Å². The summed E-state index contributed by atoms with van der Waals surface area (Å²) < 4.78 is 5.18. The van der Waals surface area contributed by atoms with Crippen molar-refractivity contribution < 1.29 is 24.9 Å². The van der Waals surface area contributed by atoms with Gasteiger partial charge in [0.25, 0.3) is 0 Å². The molecule has 0 aliphatic carbocycles. The minimum Gasteiger partial charge on any atom is -0.508 e. The summed E-state index contributed by atoms with van der Waals surface area (Å²) in [6.07, 6.45) is 1.06. The molecule has 0 aliphatic rings. The van der Waals surface area contributed by atoms with Gasteiger partial charge in [0, 0.05) is 18.4 Å². The summed E-state index contributed by atoms with van der Waals surface area (Å²) in [5.74, 6) is -0.794. The van der Waals surface area contributed by atoms with Crippen LogP contribution in [0.2, 0.25) is 0 Å². The monoisotopic (exact) mass is 308 g/mol. The first-order chi connectivity index (χ1) is 10.1. The molecule has 122 valence electrons. The molecule has 0 saturated carbocycles. The second kappa shape index (κ2) is 6.83. The molecule has 0 spiro atoms. The maximum absolute atomic E-state index is 11.2. The Hall–Kier alpha value is -2.01. The number of carbonyl (C=O) groups excluding carboxylic acids is 1. The molecule has 0 fully saturated rings. The average Bonchev–Trinajstić information content (AvgIpc) is 2.37. The van der Waals surface area contributed by atoms with E-state index in [-0.39, 0.29) is 23.8 Å². The second-order valence-electron chi connectivity index (χ2n) is 6.03. The maximum atomic E-state index is 11.2.